The number of carbonyl (C=O) groups is 1. The average Bonchev–Trinajstić information content (AvgIpc) is 2.97. The number of hydrogen-bond donors (Lipinski definition) is 0. The molecule has 10 heteroatoms. The van der Waals surface area contributed by atoms with Crippen molar-refractivity contribution in [3.8, 4) is 0 Å². The van der Waals surface area contributed by atoms with Crippen molar-refractivity contribution in [3.63, 3.8) is 0 Å². The van der Waals surface area contributed by atoms with E-state index in [9.17, 15) is 18.0 Å². The lowest BCUT2D eigenvalue weighted by Crippen LogP contribution is -2.29. The molecule has 1 fully saturated rings. The van der Waals surface area contributed by atoms with Crippen LogP contribution >= 0.6 is 35.0 Å². The van der Waals surface area contributed by atoms with Gasteiger partial charge in [-0.15, -0.1) is 5.10 Å². The molecule has 27 heavy (non-hydrogen) atoms. The Labute approximate surface area is 166 Å². The molecule has 1 aliphatic heterocycles. The van der Waals surface area contributed by atoms with Crippen LogP contribution in [0.3, 0.4) is 0 Å². The summed E-state index contributed by atoms with van der Waals surface area (Å²) in [6.45, 7) is 0. The summed E-state index contributed by atoms with van der Waals surface area (Å²) in [5.74, 6) is -0.416. The first-order chi connectivity index (χ1) is 12.8. The molecule has 1 heterocycles. The predicted octanol–water partition coefficient (Wildman–Crippen LogP) is 5.48. The van der Waals surface area contributed by atoms with E-state index in [-0.39, 0.29) is 21.6 Å². The molecule has 0 aliphatic carbocycles. The van der Waals surface area contributed by atoms with E-state index >= 15 is 0 Å². The van der Waals surface area contributed by atoms with Gasteiger partial charge in [-0.3, -0.25) is 9.69 Å². The van der Waals surface area contributed by atoms with Gasteiger partial charge in [-0.2, -0.15) is 18.3 Å². The van der Waals surface area contributed by atoms with E-state index in [0.717, 1.165) is 34.9 Å². The predicted molar refractivity (Wildman–Crippen MR) is 103 cm³/mol. The van der Waals surface area contributed by atoms with Crippen molar-refractivity contribution in [1.82, 2.24) is 0 Å². The molecule has 0 unspecified atom stereocenters. The lowest BCUT2D eigenvalue weighted by molar-refractivity contribution is -0.137. The van der Waals surface area contributed by atoms with Crippen LogP contribution in [0.25, 0.3) is 0 Å². The smallest absolute Gasteiger partial charge is 0.273 e. The number of thioether (sulfide) groups is 1. The van der Waals surface area contributed by atoms with Gasteiger partial charge in [0.25, 0.3) is 0 Å². The van der Waals surface area contributed by atoms with E-state index in [1.807, 2.05) is 0 Å². The van der Waals surface area contributed by atoms with Gasteiger partial charge in [-0.05, 0) is 24.3 Å². The first-order valence-corrected chi connectivity index (χ1v) is 9.19. The number of benzene rings is 2. The third-order valence-corrected chi connectivity index (χ3v) is 5.10. The van der Waals surface area contributed by atoms with Gasteiger partial charge in [0.1, 0.15) is 0 Å². The fraction of sp³-hybridized carbons (Fsp3) is 0.118. The molecule has 0 aromatic heterocycles. The Kier molecular flexibility index (Phi) is 5.78. The summed E-state index contributed by atoms with van der Waals surface area (Å²) in [6.07, 6.45) is -3.17. The molecule has 4 nitrogen and oxygen atoms in total. The number of amides is 1. The zero-order valence-corrected chi connectivity index (χ0v) is 15.7. The van der Waals surface area contributed by atoms with Crippen molar-refractivity contribution < 1.29 is 18.0 Å². The van der Waals surface area contributed by atoms with Gasteiger partial charge >= 0.3 is 6.18 Å². The summed E-state index contributed by atoms with van der Waals surface area (Å²) in [5, 5.41) is 8.45. The summed E-state index contributed by atoms with van der Waals surface area (Å²) in [7, 11) is 0. The molecule has 1 amide bonds. The van der Waals surface area contributed by atoms with Crippen molar-refractivity contribution in [3.05, 3.63) is 63.6 Å². The van der Waals surface area contributed by atoms with Crippen LogP contribution in [0.1, 0.15) is 11.1 Å². The minimum atomic E-state index is -4.56. The van der Waals surface area contributed by atoms with Gasteiger partial charge in [0, 0.05) is 10.6 Å². The molecule has 0 N–H and O–H groups in total. The maximum Gasteiger partial charge on any atom is 0.416 e. The SMILES string of the molecule is O=C1CS/C(=N\N=C\c2ccccc2Cl)N1c1cc(C(F)(F)F)ccc1Cl. The number of nitrogens with zero attached hydrogens (tertiary/aromatic N) is 3. The highest BCUT2D eigenvalue weighted by Crippen LogP contribution is 2.38. The Hall–Kier alpha value is -2.03. The second-order valence-electron chi connectivity index (χ2n) is 5.33. The third kappa shape index (κ3) is 4.45. The summed E-state index contributed by atoms with van der Waals surface area (Å²) in [4.78, 5) is 13.2. The maximum absolute atomic E-state index is 13.0. The molecule has 1 aliphatic rings. The Morgan fingerprint density at radius 2 is 1.85 bits per heavy atom. The summed E-state index contributed by atoms with van der Waals surface area (Å²) in [6, 6.07) is 9.70. The average molecular weight is 432 g/mol. The molecule has 0 bridgehead atoms. The third-order valence-electron chi connectivity index (χ3n) is 3.53. The Morgan fingerprint density at radius 3 is 2.56 bits per heavy atom. The van der Waals surface area contributed by atoms with Gasteiger partial charge < -0.3 is 0 Å². The topological polar surface area (TPSA) is 45.0 Å². The summed E-state index contributed by atoms with van der Waals surface area (Å²) in [5.41, 5.74) is -0.389. The van der Waals surface area contributed by atoms with Gasteiger partial charge in [-0.1, -0.05) is 53.2 Å². The van der Waals surface area contributed by atoms with E-state index in [2.05, 4.69) is 10.2 Å². The van der Waals surface area contributed by atoms with Gasteiger partial charge in [0.2, 0.25) is 5.91 Å². The molecule has 140 valence electrons. The van der Waals surface area contributed by atoms with Crippen LogP contribution in [-0.4, -0.2) is 23.0 Å². The van der Waals surface area contributed by atoms with Crippen LogP contribution < -0.4 is 4.90 Å². The highest BCUT2D eigenvalue weighted by molar-refractivity contribution is 8.15. The van der Waals surface area contributed by atoms with Crippen LogP contribution in [0.5, 0.6) is 0 Å². The largest absolute Gasteiger partial charge is 0.416 e. The van der Waals surface area contributed by atoms with Crippen molar-refractivity contribution in [1.29, 1.82) is 0 Å². The van der Waals surface area contributed by atoms with Crippen LogP contribution in [-0.2, 0) is 11.0 Å². The highest BCUT2D eigenvalue weighted by Gasteiger charge is 2.35. The second kappa shape index (κ2) is 7.92. The van der Waals surface area contributed by atoms with E-state index in [0.29, 0.717) is 10.6 Å². The lowest BCUT2D eigenvalue weighted by Gasteiger charge is -2.18. The normalized spacial score (nSPS) is 16.7. The van der Waals surface area contributed by atoms with Gasteiger partial charge in [0.15, 0.2) is 5.17 Å². The highest BCUT2D eigenvalue weighted by atomic mass is 35.5. The molecular weight excluding hydrogens is 422 g/mol. The monoisotopic (exact) mass is 431 g/mol. The first-order valence-electron chi connectivity index (χ1n) is 7.45. The molecular formula is C17H10Cl2F3N3OS. The Bertz CT molecular complexity index is 947. The van der Waals surface area contributed by atoms with Crippen molar-refractivity contribution in [2.75, 3.05) is 10.7 Å². The Balaban J connectivity index is 1.94. The zero-order valence-electron chi connectivity index (χ0n) is 13.4. The number of anilines is 1. The molecule has 2 aromatic carbocycles. The van der Waals surface area contributed by atoms with Crippen LogP contribution in [0, 0.1) is 0 Å². The van der Waals surface area contributed by atoms with Crippen LogP contribution in [0.15, 0.2) is 52.7 Å². The number of amidine groups is 1. The molecule has 1 saturated heterocycles. The molecule has 2 aromatic rings. The van der Waals surface area contributed by atoms with Gasteiger partial charge in [-0.25, -0.2) is 0 Å². The fourth-order valence-electron chi connectivity index (χ4n) is 2.25. The minimum Gasteiger partial charge on any atom is -0.273 e. The minimum absolute atomic E-state index is 0.00151. The van der Waals surface area contributed by atoms with Crippen molar-refractivity contribution in [2.24, 2.45) is 10.2 Å². The molecule has 3 rings (SSSR count). The van der Waals surface area contributed by atoms with Crippen molar-refractivity contribution >= 4 is 57.9 Å². The second-order valence-corrected chi connectivity index (χ2v) is 7.09. The van der Waals surface area contributed by atoms with Gasteiger partial charge in [0.05, 0.1) is 28.2 Å². The number of halogens is 5. The van der Waals surface area contributed by atoms with Crippen LogP contribution in [0.4, 0.5) is 18.9 Å². The first kappa shape index (κ1) is 19.7. The standard InChI is InChI=1S/C17H10Cl2F3N3OS/c18-12-4-2-1-3-10(12)8-23-24-16-25(15(26)9-27-16)14-7-11(17(20,21)22)5-6-13(14)19/h1-8H,9H2/b23-8+,24-16-. The van der Waals surface area contributed by atoms with E-state index in [4.69, 9.17) is 23.2 Å². The number of hydrogen-bond acceptors (Lipinski definition) is 4. The number of rotatable bonds is 3. The summed E-state index contributed by atoms with van der Waals surface area (Å²) >= 11 is 13.1. The van der Waals surface area contributed by atoms with Crippen LogP contribution in [0.2, 0.25) is 10.0 Å². The molecule has 0 spiro atoms. The van der Waals surface area contributed by atoms with E-state index in [1.165, 1.54) is 6.21 Å². The fourth-order valence-corrected chi connectivity index (χ4v) is 3.46. The Morgan fingerprint density at radius 1 is 1.11 bits per heavy atom. The molecule has 0 radical (unpaired) electrons. The molecule has 0 atom stereocenters. The maximum atomic E-state index is 13.0. The van der Waals surface area contributed by atoms with E-state index < -0.39 is 17.6 Å². The van der Waals surface area contributed by atoms with E-state index in [1.54, 1.807) is 24.3 Å². The number of alkyl halides is 3. The van der Waals surface area contributed by atoms with Crippen molar-refractivity contribution in [2.45, 2.75) is 6.18 Å². The zero-order chi connectivity index (χ0) is 19.6. The quantitative estimate of drug-likeness (QED) is 0.476. The summed E-state index contributed by atoms with van der Waals surface area (Å²) < 4.78 is 39.0. The lowest BCUT2D eigenvalue weighted by atomic mass is 10.2. The number of carbonyl (C=O) groups excluding carboxylic acids is 1. The molecule has 0 saturated carbocycles.